The Balaban J connectivity index is 2.61. The Kier molecular flexibility index (Phi) is 2.79. The van der Waals surface area contributed by atoms with E-state index in [-0.39, 0.29) is 0 Å². The van der Waals surface area contributed by atoms with Gasteiger partial charge in [0.25, 0.3) is 0 Å². The van der Waals surface area contributed by atoms with Crippen molar-refractivity contribution in [2.75, 3.05) is 0 Å². The highest BCUT2D eigenvalue weighted by Gasteiger charge is 2.20. The Morgan fingerprint density at radius 3 is 2.56 bits per heavy atom. The Hall–Kier alpha value is -0.883. The Bertz CT molecular complexity index is 529. The van der Waals surface area contributed by atoms with Crippen molar-refractivity contribution in [2.24, 2.45) is 7.05 Å². The predicted molar refractivity (Wildman–Crippen MR) is 70.2 cm³/mol. The number of imidazole rings is 1. The molecule has 2 aromatic rings. The number of rotatable bonds is 2. The first-order valence-corrected chi connectivity index (χ1v) is 10.3. The molecule has 0 saturated heterocycles. The van der Waals surface area contributed by atoms with E-state index >= 15 is 0 Å². The number of fused-ring (bicyclic) bond motifs is 1. The molecule has 0 spiro atoms. The monoisotopic (exact) mass is 252 g/mol. The van der Waals surface area contributed by atoms with Crippen molar-refractivity contribution in [2.45, 2.75) is 31.6 Å². The minimum Gasteiger partial charge on any atom is -0.328 e. The van der Waals surface area contributed by atoms with E-state index in [1.54, 1.807) is 6.33 Å². The van der Waals surface area contributed by atoms with Gasteiger partial charge in [-0.3, -0.25) is 0 Å². The lowest BCUT2D eigenvalue weighted by atomic mass is 10.5. The molecule has 86 valence electrons. The zero-order valence-corrected chi connectivity index (χ0v) is 12.1. The van der Waals surface area contributed by atoms with Crippen molar-refractivity contribution in [3.63, 3.8) is 0 Å². The quantitative estimate of drug-likeness (QED) is 0.609. The van der Waals surface area contributed by atoms with Gasteiger partial charge in [-0.25, -0.2) is 15.0 Å². The number of hydrogen-bond acceptors (Lipinski definition) is 4. The van der Waals surface area contributed by atoms with Crippen LogP contribution >= 0.6 is 11.2 Å². The molecule has 6 heteroatoms. The van der Waals surface area contributed by atoms with Crippen LogP contribution in [0, 0.1) is 6.92 Å². The van der Waals surface area contributed by atoms with Crippen molar-refractivity contribution in [1.29, 1.82) is 0 Å². The lowest BCUT2D eigenvalue weighted by Gasteiger charge is -2.14. The molecule has 16 heavy (non-hydrogen) atoms. The average molecular weight is 252 g/mol. The number of nitrogens with zero attached hydrogens (tertiary/aromatic N) is 4. The molecule has 0 N–H and O–H groups in total. The molecule has 4 nitrogen and oxygen atoms in total. The summed E-state index contributed by atoms with van der Waals surface area (Å²) in [5.41, 5.74) is 1.86. The van der Waals surface area contributed by atoms with E-state index in [0.29, 0.717) is 0 Å². The molecule has 0 aromatic carbocycles. The first kappa shape index (κ1) is 11.6. The summed E-state index contributed by atoms with van der Waals surface area (Å²) >= 11 is 1.88. The molecule has 2 heterocycles. The molecular formula is C10H16N4SSi. The van der Waals surface area contributed by atoms with E-state index in [0.717, 1.165) is 22.0 Å². The molecule has 0 atom stereocenters. The third-order valence-electron chi connectivity index (χ3n) is 2.26. The highest BCUT2D eigenvalue weighted by molar-refractivity contribution is 8.28. The van der Waals surface area contributed by atoms with Crippen LogP contribution in [0.3, 0.4) is 0 Å². The summed E-state index contributed by atoms with van der Waals surface area (Å²) < 4.78 is 2.07. The minimum atomic E-state index is -1.24. The van der Waals surface area contributed by atoms with Crippen LogP contribution in [0.2, 0.25) is 19.6 Å². The highest BCUT2D eigenvalue weighted by Crippen LogP contribution is 2.31. The van der Waals surface area contributed by atoms with Crippen molar-refractivity contribution in [3.8, 4) is 0 Å². The van der Waals surface area contributed by atoms with Gasteiger partial charge >= 0.3 is 0 Å². The maximum atomic E-state index is 4.42. The molecule has 0 unspecified atom stereocenters. The van der Waals surface area contributed by atoms with E-state index in [1.165, 1.54) is 0 Å². The van der Waals surface area contributed by atoms with Gasteiger partial charge in [-0.1, -0.05) is 19.6 Å². The van der Waals surface area contributed by atoms with E-state index in [9.17, 15) is 0 Å². The predicted octanol–water partition coefficient (Wildman–Crippen LogP) is 2.60. The first-order chi connectivity index (χ1) is 7.38. The summed E-state index contributed by atoms with van der Waals surface area (Å²) in [6, 6.07) is 0. The van der Waals surface area contributed by atoms with E-state index in [4.69, 9.17) is 0 Å². The Morgan fingerprint density at radius 1 is 1.25 bits per heavy atom. The molecular weight excluding hydrogens is 236 g/mol. The van der Waals surface area contributed by atoms with Crippen LogP contribution in [-0.2, 0) is 7.05 Å². The van der Waals surface area contributed by atoms with E-state index in [1.807, 2.05) is 25.2 Å². The second-order valence-electron chi connectivity index (χ2n) is 4.78. The maximum absolute atomic E-state index is 4.42. The number of hydrogen-bond donors (Lipinski definition) is 0. The largest absolute Gasteiger partial charge is 0.328 e. The fourth-order valence-electron chi connectivity index (χ4n) is 1.48. The van der Waals surface area contributed by atoms with Gasteiger partial charge in [-0.2, -0.15) is 0 Å². The van der Waals surface area contributed by atoms with Gasteiger partial charge < -0.3 is 4.57 Å². The zero-order chi connectivity index (χ0) is 11.9. The third kappa shape index (κ3) is 2.12. The third-order valence-corrected chi connectivity index (χ3v) is 5.78. The summed E-state index contributed by atoms with van der Waals surface area (Å²) in [7, 11) is 0.773. The minimum absolute atomic E-state index is 0.802. The number of aromatic nitrogens is 4. The molecule has 0 aliphatic heterocycles. The molecule has 0 radical (unpaired) electrons. The van der Waals surface area contributed by atoms with Crippen molar-refractivity contribution in [3.05, 3.63) is 12.2 Å². The fraction of sp³-hybridized carbons (Fsp3) is 0.500. The van der Waals surface area contributed by atoms with Gasteiger partial charge in [0.15, 0.2) is 5.65 Å². The SMILES string of the molecule is Cc1nc2ncnc(S[Si](C)(C)C)c2n1C. The summed E-state index contributed by atoms with van der Waals surface area (Å²) in [6.07, 6.45) is 1.61. The van der Waals surface area contributed by atoms with Gasteiger partial charge in [0, 0.05) is 7.05 Å². The molecule has 0 bridgehead atoms. The fourth-order valence-corrected chi connectivity index (χ4v) is 4.68. The van der Waals surface area contributed by atoms with Crippen LogP contribution in [0.5, 0.6) is 0 Å². The van der Waals surface area contributed by atoms with Gasteiger partial charge in [-0.15, -0.1) is 11.2 Å². The van der Waals surface area contributed by atoms with Crippen molar-refractivity contribution >= 4 is 29.6 Å². The molecule has 0 saturated carbocycles. The van der Waals surface area contributed by atoms with E-state index in [2.05, 4.69) is 39.2 Å². The van der Waals surface area contributed by atoms with Gasteiger partial charge in [0.2, 0.25) is 0 Å². The van der Waals surface area contributed by atoms with Crippen LogP contribution < -0.4 is 0 Å². The van der Waals surface area contributed by atoms with Gasteiger partial charge in [-0.05, 0) is 6.92 Å². The first-order valence-electron chi connectivity index (χ1n) is 5.21. The summed E-state index contributed by atoms with van der Waals surface area (Å²) in [4.78, 5) is 13.0. The summed E-state index contributed by atoms with van der Waals surface area (Å²) in [6.45, 7) is 8.93. The standard InChI is InChI=1S/C10H16N4SSi/c1-7-13-9-8(14(7)2)10(12-6-11-9)15-16(3,4)5/h6H,1-5H3. The maximum Gasteiger partial charge on any atom is 0.182 e. The van der Waals surface area contributed by atoms with Gasteiger partial charge in [0.1, 0.15) is 29.9 Å². The molecule has 2 aromatic heterocycles. The molecule has 2 rings (SSSR count). The van der Waals surface area contributed by atoms with Crippen LogP contribution in [0.15, 0.2) is 11.4 Å². The number of aryl methyl sites for hydroxylation is 2. The zero-order valence-electron chi connectivity index (χ0n) is 10.3. The van der Waals surface area contributed by atoms with Crippen molar-refractivity contribution in [1.82, 2.24) is 19.5 Å². The van der Waals surface area contributed by atoms with Crippen LogP contribution in [0.25, 0.3) is 11.2 Å². The molecule has 0 amide bonds. The van der Waals surface area contributed by atoms with Crippen LogP contribution in [0.1, 0.15) is 5.82 Å². The second kappa shape index (κ2) is 3.85. The normalized spacial score (nSPS) is 12.3. The smallest absolute Gasteiger partial charge is 0.182 e. The van der Waals surface area contributed by atoms with Crippen LogP contribution in [0.4, 0.5) is 0 Å². The second-order valence-corrected chi connectivity index (χ2v) is 13.9. The average Bonchev–Trinajstić information content (AvgIpc) is 2.41. The molecule has 0 aliphatic rings. The van der Waals surface area contributed by atoms with Crippen LogP contribution in [-0.4, -0.2) is 26.7 Å². The molecule has 0 aliphatic carbocycles. The Morgan fingerprint density at radius 2 is 1.94 bits per heavy atom. The van der Waals surface area contributed by atoms with Gasteiger partial charge in [0.05, 0.1) is 0 Å². The Labute approximate surface area is 100 Å². The summed E-state index contributed by atoms with van der Waals surface area (Å²) in [5.74, 6) is 0.980. The lowest BCUT2D eigenvalue weighted by molar-refractivity contribution is 0.873. The van der Waals surface area contributed by atoms with Crippen molar-refractivity contribution < 1.29 is 0 Å². The topological polar surface area (TPSA) is 43.6 Å². The summed E-state index contributed by atoms with van der Waals surface area (Å²) in [5, 5.41) is 1.06. The molecule has 0 fully saturated rings. The highest BCUT2D eigenvalue weighted by atomic mass is 32.4. The van der Waals surface area contributed by atoms with E-state index < -0.39 is 7.22 Å². The lowest BCUT2D eigenvalue weighted by Crippen LogP contribution is -2.14.